The van der Waals surface area contributed by atoms with E-state index in [1.807, 2.05) is 43.1 Å². The Bertz CT molecular complexity index is 251. The Labute approximate surface area is 107 Å². The number of alkyl halides is 1. The van der Waals surface area contributed by atoms with E-state index in [2.05, 4.69) is 20.7 Å². The smallest absolute Gasteiger partial charge is 0.156 e. The van der Waals surface area contributed by atoms with Crippen LogP contribution < -0.4 is 0 Å². The molecule has 0 aromatic carbocycles. The first-order valence-corrected chi connectivity index (χ1v) is 6.71. The lowest BCUT2D eigenvalue weighted by molar-refractivity contribution is -0.113. The van der Waals surface area contributed by atoms with E-state index < -0.39 is 0 Å². The Hall–Kier alpha value is -0.670. The molecule has 0 saturated carbocycles. The van der Waals surface area contributed by atoms with Gasteiger partial charge < -0.3 is 4.74 Å². The van der Waals surface area contributed by atoms with E-state index in [1.165, 1.54) is 0 Å². The van der Waals surface area contributed by atoms with E-state index in [0.29, 0.717) is 0 Å². The van der Waals surface area contributed by atoms with Crippen LogP contribution in [0.3, 0.4) is 0 Å². The molecule has 0 aromatic rings. The van der Waals surface area contributed by atoms with Gasteiger partial charge in [0.25, 0.3) is 0 Å². The lowest BCUT2D eigenvalue weighted by Gasteiger charge is -1.93. The number of ketones is 1. The van der Waals surface area contributed by atoms with Crippen molar-refractivity contribution in [2.45, 2.75) is 20.3 Å². The van der Waals surface area contributed by atoms with E-state index in [1.54, 1.807) is 14.0 Å². The molecule has 0 aromatic heterocycles. The molecule has 92 valence electrons. The highest BCUT2D eigenvalue weighted by Gasteiger charge is 1.99. The molecule has 1 rings (SSSR count). The molecule has 1 aliphatic carbocycles. The molecule has 0 N–H and O–H groups in total. The summed E-state index contributed by atoms with van der Waals surface area (Å²) in [5.41, 5.74) is 0.880. The van der Waals surface area contributed by atoms with Crippen molar-refractivity contribution < 1.29 is 9.53 Å². The lowest BCUT2D eigenvalue weighted by Crippen LogP contribution is -1.93. The highest BCUT2D eigenvalue weighted by molar-refractivity contribution is 9.08. The normalized spacial score (nSPS) is 12.4. The van der Waals surface area contributed by atoms with Crippen LogP contribution in [-0.2, 0) is 9.53 Å². The Morgan fingerprint density at radius 3 is 2.38 bits per heavy atom. The molecular formula is C13H21BrO2. The van der Waals surface area contributed by atoms with Gasteiger partial charge >= 0.3 is 0 Å². The van der Waals surface area contributed by atoms with E-state index >= 15 is 0 Å². The number of allylic oxidation sites excluding steroid dienone is 6. The third-order valence-electron chi connectivity index (χ3n) is 1.73. The van der Waals surface area contributed by atoms with E-state index in [9.17, 15) is 4.79 Å². The number of methoxy groups -OCH3 is 1. The van der Waals surface area contributed by atoms with Gasteiger partial charge in [-0.05, 0) is 31.7 Å². The highest BCUT2D eigenvalue weighted by Crippen LogP contribution is 2.07. The van der Waals surface area contributed by atoms with Crippen molar-refractivity contribution in [3.8, 4) is 0 Å². The zero-order valence-corrected chi connectivity index (χ0v) is 12.1. The molecule has 0 unspecified atom stereocenters. The quantitative estimate of drug-likeness (QED) is 0.725. The number of carbonyl (C=O) groups excluding carboxylic acids is 1. The van der Waals surface area contributed by atoms with Crippen molar-refractivity contribution in [2.75, 3.05) is 19.5 Å². The molecule has 3 heteroatoms. The Morgan fingerprint density at radius 1 is 1.38 bits per heavy atom. The molecule has 0 saturated heterocycles. The van der Waals surface area contributed by atoms with Crippen molar-refractivity contribution in [1.82, 2.24) is 0 Å². The van der Waals surface area contributed by atoms with Crippen LogP contribution in [-0.4, -0.2) is 25.3 Å². The Kier molecular flexibility index (Phi) is 15.9. The van der Waals surface area contributed by atoms with Gasteiger partial charge in [0.1, 0.15) is 0 Å². The summed E-state index contributed by atoms with van der Waals surface area (Å²) in [4.78, 5) is 10.8. The van der Waals surface area contributed by atoms with Crippen molar-refractivity contribution in [2.24, 2.45) is 0 Å². The van der Waals surface area contributed by atoms with E-state index in [0.717, 1.165) is 18.6 Å². The predicted molar refractivity (Wildman–Crippen MR) is 74.1 cm³/mol. The summed E-state index contributed by atoms with van der Waals surface area (Å²) in [5, 5.41) is 0. The summed E-state index contributed by atoms with van der Waals surface area (Å²) < 4.78 is 4.54. The zero-order chi connectivity index (χ0) is 12.8. The summed E-state index contributed by atoms with van der Waals surface area (Å²) >= 11 is 2.94. The fourth-order valence-corrected chi connectivity index (χ4v) is 0.839. The summed E-state index contributed by atoms with van der Waals surface area (Å²) in [6.07, 6.45) is 10.4. The first-order valence-electron chi connectivity index (χ1n) is 5.12. The second-order valence-corrected chi connectivity index (χ2v) is 2.84. The van der Waals surface area contributed by atoms with Crippen LogP contribution in [0.4, 0.5) is 0 Å². The lowest BCUT2D eigenvalue weighted by atomic mass is 10.1. The van der Waals surface area contributed by atoms with Crippen LogP contribution in [0, 0.1) is 0 Å². The van der Waals surface area contributed by atoms with Crippen molar-refractivity contribution in [3.63, 3.8) is 0 Å². The fraction of sp³-hybridized carbons (Fsp3) is 0.462. The largest absolute Gasteiger partial charge is 0.385 e. The highest BCUT2D eigenvalue weighted by atomic mass is 79.9. The number of Topliss-reactive ketones (excluding diaryl/α,β-unsaturated/α-hetero) is 1. The molecule has 0 bridgehead atoms. The van der Waals surface area contributed by atoms with Gasteiger partial charge in [0.05, 0.1) is 0 Å². The molecule has 0 heterocycles. The molecule has 0 amide bonds. The minimum Gasteiger partial charge on any atom is -0.385 e. The molecule has 0 aliphatic heterocycles. The standard InChI is InChI=1S/C9H10O.C3H8O.CH3Br/c1-8(10)9-6-4-2-3-5-7-9;1-3-4-2;1-2/h2-6H,7H2,1H3;3H2,1-2H3;1H3. The van der Waals surface area contributed by atoms with Gasteiger partial charge in [-0.2, -0.15) is 0 Å². The van der Waals surface area contributed by atoms with Crippen molar-refractivity contribution in [3.05, 3.63) is 36.0 Å². The van der Waals surface area contributed by atoms with Crippen LogP contribution in [0.25, 0.3) is 0 Å². The first kappa shape index (κ1) is 17.7. The second-order valence-electron chi connectivity index (χ2n) is 2.84. The van der Waals surface area contributed by atoms with Crippen LogP contribution in [0.2, 0.25) is 0 Å². The maximum atomic E-state index is 10.8. The third-order valence-corrected chi connectivity index (χ3v) is 1.73. The van der Waals surface area contributed by atoms with Gasteiger partial charge in [0.2, 0.25) is 0 Å². The SMILES string of the molecule is CBr.CC(=O)C1=CC=CC=CC1.CCOC. The minimum atomic E-state index is 0.163. The number of ether oxygens (including phenoxy) is 1. The van der Waals surface area contributed by atoms with E-state index in [4.69, 9.17) is 0 Å². The molecule has 0 spiro atoms. The summed E-state index contributed by atoms with van der Waals surface area (Å²) in [7, 11) is 1.68. The first-order chi connectivity index (χ1) is 7.72. The molecule has 1 aliphatic rings. The Morgan fingerprint density at radius 2 is 1.94 bits per heavy atom. The van der Waals surface area contributed by atoms with Crippen LogP contribution in [0.5, 0.6) is 0 Å². The Balaban J connectivity index is 0. The number of rotatable bonds is 2. The van der Waals surface area contributed by atoms with Gasteiger partial charge in [0, 0.05) is 13.7 Å². The third kappa shape index (κ3) is 11.4. The summed E-state index contributed by atoms with van der Waals surface area (Å²) in [5.74, 6) is 1.98. The molecule has 2 nitrogen and oxygen atoms in total. The van der Waals surface area contributed by atoms with Crippen molar-refractivity contribution in [1.29, 1.82) is 0 Å². The van der Waals surface area contributed by atoms with Gasteiger partial charge in [-0.3, -0.25) is 4.79 Å². The molecular weight excluding hydrogens is 268 g/mol. The number of hydrogen-bond donors (Lipinski definition) is 0. The van der Waals surface area contributed by atoms with Crippen LogP contribution >= 0.6 is 15.9 Å². The van der Waals surface area contributed by atoms with Gasteiger partial charge in [0.15, 0.2) is 5.78 Å². The molecule has 0 fully saturated rings. The number of hydrogen-bond acceptors (Lipinski definition) is 2. The van der Waals surface area contributed by atoms with Gasteiger partial charge in [-0.1, -0.05) is 46.3 Å². The topological polar surface area (TPSA) is 26.3 Å². The zero-order valence-electron chi connectivity index (χ0n) is 10.5. The molecule has 0 radical (unpaired) electrons. The average Bonchev–Trinajstić information content (AvgIpc) is 2.60. The number of halogens is 1. The average molecular weight is 289 g/mol. The van der Waals surface area contributed by atoms with Crippen LogP contribution in [0.15, 0.2) is 36.0 Å². The maximum absolute atomic E-state index is 10.8. The fourth-order valence-electron chi connectivity index (χ4n) is 0.839. The monoisotopic (exact) mass is 288 g/mol. The second kappa shape index (κ2) is 14.3. The van der Waals surface area contributed by atoms with Crippen LogP contribution in [0.1, 0.15) is 20.3 Å². The van der Waals surface area contributed by atoms with Gasteiger partial charge in [-0.15, -0.1) is 0 Å². The predicted octanol–water partition coefficient (Wildman–Crippen LogP) is 3.68. The van der Waals surface area contributed by atoms with E-state index in [-0.39, 0.29) is 5.78 Å². The molecule has 0 atom stereocenters. The summed E-state index contributed by atoms with van der Waals surface area (Å²) in [6, 6.07) is 0. The van der Waals surface area contributed by atoms with Crippen molar-refractivity contribution >= 4 is 21.7 Å². The molecule has 16 heavy (non-hydrogen) atoms. The minimum absolute atomic E-state index is 0.163. The van der Waals surface area contributed by atoms with Gasteiger partial charge in [-0.25, -0.2) is 0 Å². The number of carbonyl (C=O) groups is 1. The summed E-state index contributed by atoms with van der Waals surface area (Å²) in [6.45, 7) is 4.37. The maximum Gasteiger partial charge on any atom is 0.156 e.